The Bertz CT molecular complexity index is 1050. The van der Waals surface area contributed by atoms with Gasteiger partial charge in [0.15, 0.2) is 0 Å². The Morgan fingerprint density at radius 1 is 0.938 bits per heavy atom. The van der Waals surface area contributed by atoms with Crippen molar-refractivity contribution in [3.8, 4) is 11.1 Å². The van der Waals surface area contributed by atoms with E-state index in [1.807, 2.05) is 6.07 Å². The minimum atomic E-state index is -0.599. The summed E-state index contributed by atoms with van der Waals surface area (Å²) in [5.41, 5.74) is 6.12. The second-order valence-electron chi connectivity index (χ2n) is 8.91. The lowest BCUT2D eigenvalue weighted by atomic mass is 9.72. The van der Waals surface area contributed by atoms with Crippen LogP contribution in [0.3, 0.4) is 0 Å². The molecule has 7 nitrogen and oxygen atoms in total. The second-order valence-corrected chi connectivity index (χ2v) is 8.91. The van der Waals surface area contributed by atoms with Gasteiger partial charge in [0, 0.05) is 45.1 Å². The Balaban J connectivity index is 1.11. The number of likely N-dealkylation sites (tertiary alicyclic amines) is 1. The molecule has 2 aliphatic rings. The summed E-state index contributed by atoms with van der Waals surface area (Å²) in [7, 11) is 0. The highest BCUT2D eigenvalue weighted by Gasteiger charge is 2.44. The largest absolute Gasteiger partial charge is 0.341 e. The minimum Gasteiger partial charge on any atom is -0.341 e. The molecule has 0 bridgehead atoms. The third-order valence-corrected chi connectivity index (χ3v) is 6.69. The van der Waals surface area contributed by atoms with Crippen LogP contribution in [0.4, 0.5) is 5.95 Å². The number of nitrogens with one attached hydrogen (secondary N) is 1. The van der Waals surface area contributed by atoms with Crippen LogP contribution < -0.4 is 10.4 Å². The number of hydroxylamine groups is 1. The van der Waals surface area contributed by atoms with Crippen LogP contribution in [-0.4, -0.2) is 52.2 Å². The van der Waals surface area contributed by atoms with E-state index in [4.69, 9.17) is 5.21 Å². The summed E-state index contributed by atoms with van der Waals surface area (Å²) < 4.78 is 0. The molecule has 2 aromatic carbocycles. The average molecular weight is 430 g/mol. The SMILES string of the molecule is O=C(NO)c1cnc(N2CCC3(CC2)CN(Cc2ccc(-c4ccccc4)cc2)C3)nc1. The van der Waals surface area contributed by atoms with Gasteiger partial charge in [0.1, 0.15) is 0 Å². The average Bonchev–Trinajstić information content (AvgIpc) is 2.84. The molecule has 0 unspecified atom stereocenters. The molecule has 2 N–H and O–H groups in total. The fraction of sp³-hybridized carbons (Fsp3) is 0.320. The number of amides is 1. The van der Waals surface area contributed by atoms with Crippen LogP contribution in [0.1, 0.15) is 28.8 Å². The number of aromatic nitrogens is 2. The Hall–Kier alpha value is -3.29. The van der Waals surface area contributed by atoms with E-state index in [-0.39, 0.29) is 5.56 Å². The maximum atomic E-state index is 11.4. The van der Waals surface area contributed by atoms with E-state index < -0.39 is 5.91 Å². The van der Waals surface area contributed by atoms with Gasteiger partial charge >= 0.3 is 0 Å². The van der Waals surface area contributed by atoms with Crippen molar-refractivity contribution in [1.29, 1.82) is 0 Å². The summed E-state index contributed by atoms with van der Waals surface area (Å²) in [4.78, 5) is 24.7. The molecular weight excluding hydrogens is 402 g/mol. The van der Waals surface area contributed by atoms with Gasteiger partial charge in [-0.05, 0) is 34.9 Å². The maximum absolute atomic E-state index is 11.4. The van der Waals surface area contributed by atoms with Crippen LogP contribution in [0.25, 0.3) is 11.1 Å². The van der Waals surface area contributed by atoms with Crippen molar-refractivity contribution >= 4 is 11.9 Å². The monoisotopic (exact) mass is 429 g/mol. The fourth-order valence-corrected chi connectivity index (χ4v) is 4.87. The predicted octanol–water partition coefficient (Wildman–Crippen LogP) is 3.37. The van der Waals surface area contributed by atoms with Crippen LogP contribution in [0.15, 0.2) is 67.0 Å². The Morgan fingerprint density at radius 2 is 1.56 bits per heavy atom. The van der Waals surface area contributed by atoms with Crippen molar-refractivity contribution in [1.82, 2.24) is 20.3 Å². The molecule has 7 heteroatoms. The number of carbonyl (C=O) groups is 1. The van der Waals surface area contributed by atoms with Gasteiger partial charge < -0.3 is 4.90 Å². The van der Waals surface area contributed by atoms with Crippen molar-refractivity contribution in [2.75, 3.05) is 31.1 Å². The molecule has 3 aromatic rings. The van der Waals surface area contributed by atoms with E-state index in [0.717, 1.165) is 45.6 Å². The van der Waals surface area contributed by atoms with Crippen molar-refractivity contribution < 1.29 is 10.0 Å². The lowest BCUT2D eigenvalue weighted by Crippen LogP contribution is -2.59. The fourth-order valence-electron chi connectivity index (χ4n) is 4.87. The molecule has 2 saturated heterocycles. The topological polar surface area (TPSA) is 81.6 Å². The summed E-state index contributed by atoms with van der Waals surface area (Å²) in [5.74, 6) is 0.0439. The van der Waals surface area contributed by atoms with Gasteiger partial charge in [0.05, 0.1) is 5.56 Å². The van der Waals surface area contributed by atoms with E-state index in [9.17, 15) is 4.79 Å². The van der Waals surface area contributed by atoms with E-state index in [2.05, 4.69) is 68.3 Å². The first kappa shape index (κ1) is 20.6. The Kier molecular flexibility index (Phi) is 5.59. The molecule has 0 saturated carbocycles. The summed E-state index contributed by atoms with van der Waals surface area (Å²) in [5, 5.41) is 8.70. The lowest BCUT2D eigenvalue weighted by Gasteiger charge is -2.54. The number of anilines is 1. The van der Waals surface area contributed by atoms with Crippen LogP contribution in [0.2, 0.25) is 0 Å². The number of hydrogen-bond donors (Lipinski definition) is 2. The molecule has 3 heterocycles. The normalized spacial score (nSPS) is 17.7. The van der Waals surface area contributed by atoms with Crippen LogP contribution in [0, 0.1) is 5.41 Å². The highest BCUT2D eigenvalue weighted by Crippen LogP contribution is 2.41. The molecule has 32 heavy (non-hydrogen) atoms. The number of benzene rings is 2. The van der Waals surface area contributed by atoms with Crippen molar-refractivity contribution in [2.24, 2.45) is 5.41 Å². The second kappa shape index (κ2) is 8.68. The van der Waals surface area contributed by atoms with E-state index in [1.165, 1.54) is 29.1 Å². The third-order valence-electron chi connectivity index (χ3n) is 6.69. The molecule has 164 valence electrons. The smallest absolute Gasteiger partial charge is 0.277 e. The zero-order valence-corrected chi connectivity index (χ0v) is 17.9. The van der Waals surface area contributed by atoms with Crippen LogP contribution in [-0.2, 0) is 6.54 Å². The van der Waals surface area contributed by atoms with E-state index in [0.29, 0.717) is 11.4 Å². The molecule has 0 atom stereocenters. The standard InChI is InChI=1S/C25H27N5O2/c31-23(28-32)22-14-26-24(27-15-22)30-12-10-25(11-13-30)17-29(18-25)16-19-6-8-21(9-7-19)20-4-2-1-3-5-20/h1-9,14-15,32H,10-13,16-18H2,(H,28,31). The number of piperidine rings is 1. The molecule has 2 aliphatic heterocycles. The highest BCUT2D eigenvalue weighted by atomic mass is 16.5. The number of carbonyl (C=O) groups excluding carboxylic acids is 1. The highest BCUT2D eigenvalue weighted by molar-refractivity contribution is 5.92. The third kappa shape index (κ3) is 4.22. The predicted molar refractivity (Wildman–Crippen MR) is 122 cm³/mol. The van der Waals surface area contributed by atoms with Crippen molar-refractivity contribution in [2.45, 2.75) is 19.4 Å². The van der Waals surface area contributed by atoms with Crippen molar-refractivity contribution in [3.05, 3.63) is 78.1 Å². The van der Waals surface area contributed by atoms with Crippen LogP contribution >= 0.6 is 0 Å². The van der Waals surface area contributed by atoms with E-state index >= 15 is 0 Å². The number of nitrogens with zero attached hydrogens (tertiary/aromatic N) is 4. The van der Waals surface area contributed by atoms with Gasteiger partial charge in [-0.25, -0.2) is 15.4 Å². The molecule has 0 radical (unpaired) electrons. The zero-order valence-electron chi connectivity index (χ0n) is 17.9. The minimum absolute atomic E-state index is 0.246. The van der Waals surface area contributed by atoms with Gasteiger partial charge in [-0.15, -0.1) is 0 Å². The maximum Gasteiger partial charge on any atom is 0.277 e. The molecule has 0 aliphatic carbocycles. The van der Waals surface area contributed by atoms with Crippen LogP contribution in [0.5, 0.6) is 0 Å². The van der Waals surface area contributed by atoms with Gasteiger partial charge in [-0.3, -0.25) is 14.9 Å². The number of hydrogen-bond acceptors (Lipinski definition) is 6. The molecule has 1 amide bonds. The summed E-state index contributed by atoms with van der Waals surface area (Å²) in [6.07, 6.45) is 5.15. The van der Waals surface area contributed by atoms with Gasteiger partial charge in [-0.1, -0.05) is 54.6 Å². The lowest BCUT2D eigenvalue weighted by molar-refractivity contribution is -0.0241. The first-order valence-corrected chi connectivity index (χ1v) is 11.0. The molecular formula is C25H27N5O2. The Morgan fingerprint density at radius 3 is 2.19 bits per heavy atom. The number of rotatable bonds is 5. The van der Waals surface area contributed by atoms with Gasteiger partial charge in [0.2, 0.25) is 5.95 Å². The quantitative estimate of drug-likeness (QED) is 0.478. The Labute approximate surface area is 187 Å². The van der Waals surface area contributed by atoms with E-state index in [1.54, 1.807) is 5.48 Å². The van der Waals surface area contributed by atoms with Gasteiger partial charge in [-0.2, -0.15) is 0 Å². The summed E-state index contributed by atoms with van der Waals surface area (Å²) >= 11 is 0. The zero-order chi connectivity index (χ0) is 22.0. The molecule has 1 aromatic heterocycles. The van der Waals surface area contributed by atoms with Gasteiger partial charge in [0.25, 0.3) is 5.91 Å². The molecule has 5 rings (SSSR count). The molecule has 1 spiro atoms. The first-order valence-electron chi connectivity index (χ1n) is 11.0. The summed E-state index contributed by atoms with van der Waals surface area (Å²) in [6.45, 7) is 5.11. The van der Waals surface area contributed by atoms with Crippen molar-refractivity contribution in [3.63, 3.8) is 0 Å². The summed E-state index contributed by atoms with van der Waals surface area (Å²) in [6, 6.07) is 19.4. The first-order chi connectivity index (χ1) is 15.6. The molecule has 2 fully saturated rings.